The van der Waals surface area contributed by atoms with Crippen molar-refractivity contribution in [2.45, 2.75) is 13.3 Å². The van der Waals surface area contributed by atoms with Crippen LogP contribution in [0.1, 0.15) is 19.0 Å². The summed E-state index contributed by atoms with van der Waals surface area (Å²) in [5.41, 5.74) is 2.29. The van der Waals surface area contributed by atoms with Gasteiger partial charge in [0.15, 0.2) is 0 Å². The van der Waals surface area contributed by atoms with E-state index in [0.29, 0.717) is 0 Å². The van der Waals surface area contributed by atoms with Crippen LogP contribution >= 0.6 is 0 Å². The molecule has 1 aromatic rings. The molecule has 0 aliphatic heterocycles. The monoisotopic (exact) mass is 221 g/mol. The minimum atomic E-state index is 0.741. The number of ether oxygens (including phenoxy) is 1. The molecule has 1 aromatic heterocycles. The molecule has 0 saturated carbocycles. The van der Waals surface area contributed by atoms with Gasteiger partial charge in [-0.3, -0.25) is 0 Å². The number of methoxy groups -OCH3 is 1. The van der Waals surface area contributed by atoms with Crippen molar-refractivity contribution < 1.29 is 4.74 Å². The highest BCUT2D eigenvalue weighted by Gasteiger charge is 1.95. The molecule has 0 unspecified atom stereocenters. The second-order valence-electron chi connectivity index (χ2n) is 3.46. The van der Waals surface area contributed by atoms with Crippen molar-refractivity contribution in [3.63, 3.8) is 0 Å². The van der Waals surface area contributed by atoms with E-state index in [9.17, 15) is 0 Å². The first-order chi connectivity index (χ1) is 7.86. The van der Waals surface area contributed by atoms with Gasteiger partial charge in [-0.05, 0) is 18.6 Å². The molecule has 0 saturated heterocycles. The van der Waals surface area contributed by atoms with Gasteiger partial charge in [-0.2, -0.15) is 0 Å². The van der Waals surface area contributed by atoms with Crippen molar-refractivity contribution in [3.05, 3.63) is 29.9 Å². The van der Waals surface area contributed by atoms with E-state index in [1.54, 1.807) is 19.6 Å². The van der Waals surface area contributed by atoms with Crippen LogP contribution in [0.5, 0.6) is 0 Å². The van der Waals surface area contributed by atoms with E-state index < -0.39 is 0 Å². The van der Waals surface area contributed by atoms with Crippen molar-refractivity contribution in [1.29, 1.82) is 0 Å². The Bertz CT molecular complexity index is 311. The van der Waals surface area contributed by atoms with Crippen LogP contribution in [0.4, 0.5) is 0 Å². The van der Waals surface area contributed by atoms with Gasteiger partial charge in [-0.1, -0.05) is 12.5 Å². The number of aromatic nitrogens is 2. The van der Waals surface area contributed by atoms with Crippen LogP contribution in [-0.2, 0) is 4.74 Å². The fraction of sp³-hybridized carbons (Fsp3) is 0.500. The third kappa shape index (κ3) is 5.00. The molecule has 0 amide bonds. The predicted octanol–water partition coefficient (Wildman–Crippen LogP) is 1.51. The summed E-state index contributed by atoms with van der Waals surface area (Å²) in [6.45, 7) is 4.64. The highest BCUT2D eigenvalue weighted by molar-refractivity contribution is 5.48. The van der Waals surface area contributed by atoms with Gasteiger partial charge in [0.25, 0.3) is 0 Å². The van der Waals surface area contributed by atoms with Crippen LogP contribution in [-0.4, -0.2) is 36.8 Å². The molecule has 88 valence electrons. The fourth-order valence-corrected chi connectivity index (χ4v) is 1.30. The molecule has 0 aromatic carbocycles. The Kier molecular flexibility index (Phi) is 6.37. The van der Waals surface area contributed by atoms with E-state index in [0.717, 1.165) is 31.8 Å². The Hall–Kier alpha value is -1.26. The third-order valence-corrected chi connectivity index (χ3v) is 2.25. The number of nitrogens with one attached hydrogen (secondary N) is 1. The molecule has 1 heterocycles. The van der Waals surface area contributed by atoms with E-state index in [4.69, 9.17) is 4.74 Å². The lowest BCUT2D eigenvalue weighted by molar-refractivity contribution is 0.200. The summed E-state index contributed by atoms with van der Waals surface area (Å²) in [6, 6.07) is 1.91. The summed E-state index contributed by atoms with van der Waals surface area (Å²) in [4.78, 5) is 8.06. The predicted molar refractivity (Wildman–Crippen MR) is 65.0 cm³/mol. The molecule has 0 bridgehead atoms. The average Bonchev–Trinajstić information content (AvgIpc) is 2.34. The van der Waals surface area contributed by atoms with Gasteiger partial charge >= 0.3 is 0 Å². The highest BCUT2D eigenvalue weighted by Crippen LogP contribution is 2.05. The Morgan fingerprint density at radius 1 is 1.56 bits per heavy atom. The van der Waals surface area contributed by atoms with E-state index in [1.807, 2.05) is 6.07 Å². The van der Waals surface area contributed by atoms with Gasteiger partial charge in [0.05, 0.1) is 12.3 Å². The van der Waals surface area contributed by atoms with E-state index in [-0.39, 0.29) is 0 Å². The normalized spacial score (nSPS) is 11.8. The maximum Gasteiger partial charge on any atom is 0.115 e. The molecule has 0 spiro atoms. The molecule has 1 rings (SSSR count). The molecular weight excluding hydrogens is 202 g/mol. The Morgan fingerprint density at radius 2 is 2.44 bits per heavy atom. The van der Waals surface area contributed by atoms with Gasteiger partial charge in [0, 0.05) is 26.4 Å². The quantitative estimate of drug-likeness (QED) is 0.709. The fourth-order valence-electron chi connectivity index (χ4n) is 1.30. The summed E-state index contributed by atoms with van der Waals surface area (Å²) >= 11 is 0. The van der Waals surface area contributed by atoms with Gasteiger partial charge < -0.3 is 10.1 Å². The van der Waals surface area contributed by atoms with Crippen LogP contribution in [0.25, 0.3) is 6.08 Å². The lowest BCUT2D eigenvalue weighted by Gasteiger charge is -2.06. The SMILES string of the molecule is CCC(=Cc1ccncn1)CNCCOC. The van der Waals surface area contributed by atoms with Crippen molar-refractivity contribution in [3.8, 4) is 0 Å². The average molecular weight is 221 g/mol. The molecule has 4 heteroatoms. The van der Waals surface area contributed by atoms with E-state index in [1.165, 1.54) is 5.57 Å². The smallest absolute Gasteiger partial charge is 0.115 e. The van der Waals surface area contributed by atoms with Crippen LogP contribution in [0.3, 0.4) is 0 Å². The molecule has 1 N–H and O–H groups in total. The summed E-state index contributed by atoms with van der Waals surface area (Å²) < 4.78 is 4.97. The zero-order chi connectivity index (χ0) is 11.6. The van der Waals surface area contributed by atoms with Crippen LogP contribution in [0.2, 0.25) is 0 Å². The van der Waals surface area contributed by atoms with Crippen molar-refractivity contribution in [1.82, 2.24) is 15.3 Å². The summed E-state index contributed by atoms with van der Waals surface area (Å²) in [7, 11) is 1.71. The lowest BCUT2D eigenvalue weighted by Crippen LogP contribution is -2.21. The van der Waals surface area contributed by atoms with Gasteiger partial charge in [0.1, 0.15) is 6.33 Å². The topological polar surface area (TPSA) is 47.0 Å². The first-order valence-electron chi connectivity index (χ1n) is 5.52. The Labute approximate surface area is 96.8 Å². The number of rotatable bonds is 7. The largest absolute Gasteiger partial charge is 0.383 e. The molecular formula is C12H19N3O. The van der Waals surface area contributed by atoms with Gasteiger partial charge in [0.2, 0.25) is 0 Å². The first-order valence-corrected chi connectivity index (χ1v) is 5.52. The van der Waals surface area contributed by atoms with E-state index in [2.05, 4.69) is 28.3 Å². The van der Waals surface area contributed by atoms with Crippen molar-refractivity contribution >= 4 is 6.08 Å². The first kappa shape index (κ1) is 12.8. The van der Waals surface area contributed by atoms with Crippen LogP contribution in [0, 0.1) is 0 Å². The minimum Gasteiger partial charge on any atom is -0.383 e. The standard InChI is InChI=1S/C12H19N3O/c1-3-11(9-13-6-7-16-2)8-12-4-5-14-10-15-12/h4-5,8,10,13H,3,6-7,9H2,1-2H3. The summed E-state index contributed by atoms with van der Waals surface area (Å²) in [6.07, 6.45) is 6.44. The zero-order valence-corrected chi connectivity index (χ0v) is 9.94. The Balaban J connectivity index is 2.44. The maximum atomic E-state index is 4.97. The number of hydrogen-bond donors (Lipinski definition) is 1. The van der Waals surface area contributed by atoms with E-state index >= 15 is 0 Å². The molecule has 4 nitrogen and oxygen atoms in total. The second kappa shape index (κ2) is 7.96. The molecule has 0 fully saturated rings. The maximum absolute atomic E-state index is 4.97. The highest BCUT2D eigenvalue weighted by atomic mass is 16.5. The molecule has 16 heavy (non-hydrogen) atoms. The number of nitrogens with zero attached hydrogens (tertiary/aromatic N) is 2. The summed E-state index contributed by atoms with van der Waals surface area (Å²) in [5.74, 6) is 0. The molecule has 0 aliphatic rings. The Morgan fingerprint density at radius 3 is 3.06 bits per heavy atom. The number of hydrogen-bond acceptors (Lipinski definition) is 4. The second-order valence-corrected chi connectivity index (χ2v) is 3.46. The summed E-state index contributed by atoms with van der Waals surface area (Å²) in [5, 5.41) is 3.32. The minimum absolute atomic E-state index is 0.741. The lowest BCUT2D eigenvalue weighted by atomic mass is 10.1. The third-order valence-electron chi connectivity index (χ3n) is 2.25. The molecule has 0 aliphatic carbocycles. The zero-order valence-electron chi connectivity index (χ0n) is 9.94. The molecule has 0 radical (unpaired) electrons. The van der Waals surface area contributed by atoms with Crippen molar-refractivity contribution in [2.75, 3.05) is 26.8 Å². The van der Waals surface area contributed by atoms with Crippen LogP contribution < -0.4 is 5.32 Å². The van der Waals surface area contributed by atoms with Gasteiger partial charge in [-0.15, -0.1) is 0 Å². The molecule has 0 atom stereocenters. The van der Waals surface area contributed by atoms with Gasteiger partial charge in [-0.25, -0.2) is 9.97 Å². The van der Waals surface area contributed by atoms with Crippen molar-refractivity contribution in [2.24, 2.45) is 0 Å². The van der Waals surface area contributed by atoms with Crippen LogP contribution in [0.15, 0.2) is 24.2 Å².